The molecule has 1 aromatic rings. The molecule has 1 amide bonds. The number of sulfonamides is 1. The number of hydrogen-bond acceptors (Lipinski definition) is 5. The molecule has 0 spiro atoms. The first kappa shape index (κ1) is 18.3. The minimum atomic E-state index is -3.60. The zero-order valence-electron chi connectivity index (χ0n) is 10.7. The maximum absolute atomic E-state index is 11.7. The number of halogens is 1. The van der Waals surface area contributed by atoms with Crippen LogP contribution < -0.4 is 15.8 Å². The fourth-order valence-electron chi connectivity index (χ4n) is 1.12. The molecule has 1 heterocycles. The van der Waals surface area contributed by atoms with E-state index in [0.29, 0.717) is 0 Å². The summed E-state index contributed by atoms with van der Waals surface area (Å²) in [6.07, 6.45) is 0. The standard InChI is InChI=1S/C10H17N3O3S2.ClH/c1-10(2,7-11)13-8(14)6-12-18(15,16)9-4-3-5-17-9;/h3-5,12H,6-7,11H2,1-2H3,(H,13,14);1H. The van der Waals surface area contributed by atoms with Gasteiger partial charge in [0.2, 0.25) is 5.91 Å². The van der Waals surface area contributed by atoms with Crippen LogP contribution in [-0.2, 0) is 14.8 Å². The van der Waals surface area contributed by atoms with E-state index in [9.17, 15) is 13.2 Å². The molecular formula is C10H18ClN3O3S2. The van der Waals surface area contributed by atoms with Gasteiger partial charge in [-0.1, -0.05) is 6.07 Å². The van der Waals surface area contributed by atoms with Gasteiger partial charge in [-0.25, -0.2) is 13.1 Å². The molecule has 6 nitrogen and oxygen atoms in total. The first-order chi connectivity index (χ1) is 8.27. The van der Waals surface area contributed by atoms with Crippen molar-refractivity contribution in [2.45, 2.75) is 23.6 Å². The van der Waals surface area contributed by atoms with Crippen LogP contribution >= 0.6 is 23.7 Å². The van der Waals surface area contributed by atoms with Crippen LogP contribution in [0.1, 0.15) is 13.8 Å². The fraction of sp³-hybridized carbons (Fsp3) is 0.500. The first-order valence-corrected chi connectivity index (χ1v) is 7.67. The molecule has 1 aromatic heterocycles. The quantitative estimate of drug-likeness (QED) is 0.699. The minimum Gasteiger partial charge on any atom is -0.349 e. The van der Waals surface area contributed by atoms with Crippen molar-refractivity contribution in [3.05, 3.63) is 17.5 Å². The maximum atomic E-state index is 11.7. The third-order valence-corrected chi connectivity index (χ3v) is 4.97. The van der Waals surface area contributed by atoms with E-state index in [1.54, 1.807) is 25.3 Å². The molecular weight excluding hydrogens is 310 g/mol. The van der Waals surface area contributed by atoms with Crippen LogP contribution in [0.4, 0.5) is 0 Å². The maximum Gasteiger partial charge on any atom is 0.250 e. The second kappa shape index (κ2) is 7.20. The summed E-state index contributed by atoms with van der Waals surface area (Å²) in [5, 5.41) is 4.30. The van der Waals surface area contributed by atoms with Crippen molar-refractivity contribution in [3.8, 4) is 0 Å². The van der Waals surface area contributed by atoms with Crippen LogP contribution in [0.3, 0.4) is 0 Å². The van der Waals surface area contributed by atoms with Gasteiger partial charge in [0.15, 0.2) is 0 Å². The third kappa shape index (κ3) is 5.87. The number of amides is 1. The molecule has 4 N–H and O–H groups in total. The molecule has 0 aliphatic carbocycles. The van der Waals surface area contributed by atoms with Gasteiger partial charge in [0.1, 0.15) is 4.21 Å². The fourth-order valence-corrected chi connectivity index (χ4v) is 3.14. The van der Waals surface area contributed by atoms with Gasteiger partial charge in [-0.15, -0.1) is 23.7 Å². The van der Waals surface area contributed by atoms with Gasteiger partial charge in [0.25, 0.3) is 10.0 Å². The highest BCUT2D eigenvalue weighted by atomic mass is 35.5. The van der Waals surface area contributed by atoms with Crippen LogP contribution in [0, 0.1) is 0 Å². The summed E-state index contributed by atoms with van der Waals surface area (Å²) in [5.74, 6) is -0.411. The summed E-state index contributed by atoms with van der Waals surface area (Å²) >= 11 is 1.10. The predicted octanol–water partition coefficient (Wildman–Crippen LogP) is 0.302. The van der Waals surface area contributed by atoms with Crippen LogP contribution in [0.2, 0.25) is 0 Å². The van der Waals surface area contributed by atoms with Gasteiger partial charge >= 0.3 is 0 Å². The van der Waals surface area contributed by atoms with Crippen molar-refractivity contribution in [2.24, 2.45) is 5.73 Å². The Balaban J connectivity index is 0.00000324. The Morgan fingerprint density at radius 2 is 2.11 bits per heavy atom. The topological polar surface area (TPSA) is 101 Å². The number of nitrogens with one attached hydrogen (secondary N) is 2. The second-order valence-corrected chi connectivity index (χ2v) is 7.33. The number of carbonyl (C=O) groups is 1. The molecule has 0 saturated carbocycles. The minimum absolute atomic E-state index is 0. The van der Waals surface area contributed by atoms with Gasteiger partial charge in [0, 0.05) is 12.1 Å². The van der Waals surface area contributed by atoms with E-state index >= 15 is 0 Å². The van der Waals surface area contributed by atoms with E-state index in [0.717, 1.165) is 11.3 Å². The lowest BCUT2D eigenvalue weighted by Crippen LogP contribution is -2.51. The number of thiophene rings is 1. The lowest BCUT2D eigenvalue weighted by atomic mass is 10.1. The second-order valence-electron chi connectivity index (χ2n) is 4.39. The smallest absolute Gasteiger partial charge is 0.250 e. The summed E-state index contributed by atoms with van der Waals surface area (Å²) in [6, 6.07) is 3.12. The molecule has 19 heavy (non-hydrogen) atoms. The highest BCUT2D eigenvalue weighted by Crippen LogP contribution is 2.14. The SMILES string of the molecule is CC(C)(CN)NC(=O)CNS(=O)(=O)c1cccs1.Cl. The van der Waals surface area contributed by atoms with Crippen molar-refractivity contribution in [3.63, 3.8) is 0 Å². The Morgan fingerprint density at radius 3 is 2.58 bits per heavy atom. The first-order valence-electron chi connectivity index (χ1n) is 5.31. The average molecular weight is 328 g/mol. The largest absolute Gasteiger partial charge is 0.349 e. The van der Waals surface area contributed by atoms with Crippen molar-refractivity contribution in [1.29, 1.82) is 0 Å². The van der Waals surface area contributed by atoms with E-state index in [4.69, 9.17) is 5.73 Å². The highest BCUT2D eigenvalue weighted by molar-refractivity contribution is 7.91. The molecule has 0 aliphatic rings. The molecule has 0 fully saturated rings. The zero-order chi connectivity index (χ0) is 13.8. The average Bonchev–Trinajstić information content (AvgIpc) is 2.80. The Bertz CT molecular complexity index is 500. The predicted molar refractivity (Wildman–Crippen MR) is 78.0 cm³/mol. The van der Waals surface area contributed by atoms with Crippen molar-refractivity contribution in [1.82, 2.24) is 10.0 Å². The molecule has 0 aliphatic heterocycles. The van der Waals surface area contributed by atoms with Gasteiger partial charge in [-0.2, -0.15) is 0 Å². The number of nitrogens with two attached hydrogens (primary N) is 1. The molecule has 0 saturated heterocycles. The molecule has 0 aromatic carbocycles. The van der Waals surface area contributed by atoms with E-state index in [2.05, 4.69) is 10.0 Å². The summed E-state index contributed by atoms with van der Waals surface area (Å²) in [7, 11) is -3.60. The normalized spacial score (nSPS) is 11.7. The third-order valence-electron chi connectivity index (χ3n) is 2.17. The Morgan fingerprint density at radius 1 is 1.47 bits per heavy atom. The van der Waals surface area contributed by atoms with Crippen LogP contribution in [-0.4, -0.2) is 33.0 Å². The zero-order valence-corrected chi connectivity index (χ0v) is 13.1. The summed E-state index contributed by atoms with van der Waals surface area (Å²) in [5.41, 5.74) is 4.91. The van der Waals surface area contributed by atoms with Crippen LogP contribution in [0.25, 0.3) is 0 Å². The van der Waals surface area contributed by atoms with Gasteiger partial charge < -0.3 is 11.1 Å². The molecule has 0 unspecified atom stereocenters. The lowest BCUT2D eigenvalue weighted by molar-refractivity contribution is -0.121. The van der Waals surface area contributed by atoms with E-state index < -0.39 is 21.5 Å². The monoisotopic (exact) mass is 327 g/mol. The Kier molecular flexibility index (Phi) is 6.95. The summed E-state index contributed by atoms with van der Waals surface area (Å²) in [6.45, 7) is 3.50. The van der Waals surface area contributed by atoms with Gasteiger partial charge in [0.05, 0.1) is 6.54 Å². The van der Waals surface area contributed by atoms with Crippen molar-refractivity contribution in [2.75, 3.05) is 13.1 Å². The number of rotatable bonds is 6. The van der Waals surface area contributed by atoms with Gasteiger partial charge in [-0.05, 0) is 25.3 Å². The van der Waals surface area contributed by atoms with E-state index in [1.807, 2.05) is 0 Å². The van der Waals surface area contributed by atoms with E-state index in [1.165, 1.54) is 6.07 Å². The van der Waals surface area contributed by atoms with Crippen molar-refractivity contribution >= 4 is 39.7 Å². The van der Waals surface area contributed by atoms with Crippen LogP contribution in [0.5, 0.6) is 0 Å². The molecule has 0 radical (unpaired) electrons. The lowest BCUT2D eigenvalue weighted by Gasteiger charge is -2.24. The van der Waals surface area contributed by atoms with Crippen molar-refractivity contribution < 1.29 is 13.2 Å². The molecule has 1 rings (SSSR count). The van der Waals surface area contributed by atoms with Gasteiger partial charge in [-0.3, -0.25) is 4.79 Å². The molecule has 9 heteroatoms. The molecule has 110 valence electrons. The summed E-state index contributed by atoms with van der Waals surface area (Å²) in [4.78, 5) is 11.5. The number of carbonyl (C=O) groups excluding carboxylic acids is 1. The highest BCUT2D eigenvalue weighted by Gasteiger charge is 2.20. The number of hydrogen-bond donors (Lipinski definition) is 3. The molecule has 0 bridgehead atoms. The van der Waals surface area contributed by atoms with E-state index in [-0.39, 0.29) is 29.7 Å². The molecule has 0 atom stereocenters. The Hall–Kier alpha value is -0.670. The Labute approximate surface area is 123 Å². The van der Waals surface area contributed by atoms with Crippen LogP contribution in [0.15, 0.2) is 21.7 Å². The summed E-state index contributed by atoms with van der Waals surface area (Å²) < 4.78 is 25.9.